The highest BCUT2D eigenvalue weighted by molar-refractivity contribution is 8.93. The molecule has 192 valence electrons. The van der Waals surface area contributed by atoms with Crippen LogP contribution in [0.5, 0.6) is 17.2 Å². The number of halogens is 2. The maximum absolute atomic E-state index is 15.2. The summed E-state index contributed by atoms with van der Waals surface area (Å²) in [6, 6.07) is 5.35. The summed E-state index contributed by atoms with van der Waals surface area (Å²) in [4.78, 5) is 16.9. The number of rotatable bonds is 8. The molecule has 0 aliphatic carbocycles. The second-order valence-corrected chi connectivity index (χ2v) is 9.54. The molecule has 1 aliphatic rings. The van der Waals surface area contributed by atoms with Gasteiger partial charge in [0.1, 0.15) is 11.6 Å². The summed E-state index contributed by atoms with van der Waals surface area (Å²) >= 11 is 0. The highest BCUT2D eigenvalue weighted by atomic mass is 79.9. The maximum atomic E-state index is 15.2. The molecule has 0 bridgehead atoms. The van der Waals surface area contributed by atoms with E-state index in [0.29, 0.717) is 23.5 Å². The number of methoxy groups -OCH3 is 2. The monoisotopic (exact) mass is 551 g/mol. The standard InChI is InChI=1S/C26H34FN3O4.BrH/c1-9-34-20-12-16-13-30(25(28)21(16)22(27)24(20)33-8)14-19(31)15-10-17(26(2,3)4)23(32-7)18(11-15)29(5)6;/h10-12,28H,9,13-14H2,1-8H3;1H. The number of carbonyl (C=O) groups excluding carboxylic acids is 1. The number of ketones is 1. The van der Waals surface area contributed by atoms with Crippen LogP contribution in [0.15, 0.2) is 18.2 Å². The molecule has 0 radical (unpaired) electrons. The zero-order valence-electron chi connectivity index (χ0n) is 21.7. The van der Waals surface area contributed by atoms with E-state index in [0.717, 1.165) is 17.0 Å². The lowest BCUT2D eigenvalue weighted by Gasteiger charge is -2.27. The summed E-state index contributed by atoms with van der Waals surface area (Å²) in [7, 11) is 6.79. The van der Waals surface area contributed by atoms with Crippen LogP contribution < -0.4 is 19.1 Å². The number of ether oxygens (including phenoxy) is 3. The second-order valence-electron chi connectivity index (χ2n) is 9.54. The van der Waals surface area contributed by atoms with Gasteiger partial charge in [-0.25, -0.2) is 4.39 Å². The average Bonchev–Trinajstić information content (AvgIpc) is 3.07. The highest BCUT2D eigenvalue weighted by Gasteiger charge is 2.33. The Morgan fingerprint density at radius 2 is 1.77 bits per heavy atom. The van der Waals surface area contributed by atoms with Crippen LogP contribution in [0.3, 0.4) is 0 Å². The molecule has 2 aromatic carbocycles. The van der Waals surface area contributed by atoms with Gasteiger partial charge in [0.05, 0.1) is 38.6 Å². The van der Waals surface area contributed by atoms with Gasteiger partial charge in [0.15, 0.2) is 23.1 Å². The minimum atomic E-state index is -0.641. The van der Waals surface area contributed by atoms with Gasteiger partial charge in [-0.15, -0.1) is 17.0 Å². The fourth-order valence-corrected chi connectivity index (χ4v) is 4.21. The van der Waals surface area contributed by atoms with Crippen LogP contribution >= 0.6 is 17.0 Å². The Morgan fingerprint density at radius 3 is 2.29 bits per heavy atom. The molecule has 0 atom stereocenters. The summed E-state index contributed by atoms with van der Waals surface area (Å²) in [5.41, 5.74) is 2.73. The number of anilines is 1. The van der Waals surface area contributed by atoms with Crippen molar-refractivity contribution in [2.75, 3.05) is 46.4 Å². The molecule has 2 aromatic rings. The number of nitrogens with zero attached hydrogens (tertiary/aromatic N) is 2. The van der Waals surface area contributed by atoms with E-state index in [1.165, 1.54) is 7.11 Å². The van der Waals surface area contributed by atoms with Gasteiger partial charge >= 0.3 is 0 Å². The third kappa shape index (κ3) is 5.39. The first-order valence-corrected chi connectivity index (χ1v) is 11.2. The summed E-state index contributed by atoms with van der Waals surface area (Å²) < 4.78 is 31.6. The van der Waals surface area contributed by atoms with Gasteiger partial charge in [0.25, 0.3) is 0 Å². The van der Waals surface area contributed by atoms with Crippen molar-refractivity contribution in [2.24, 2.45) is 0 Å². The Bertz CT molecular complexity index is 1130. The average molecular weight is 552 g/mol. The van der Waals surface area contributed by atoms with Gasteiger partial charge in [-0.3, -0.25) is 10.2 Å². The van der Waals surface area contributed by atoms with E-state index >= 15 is 4.39 Å². The minimum Gasteiger partial charge on any atom is -0.494 e. The van der Waals surface area contributed by atoms with Crippen LogP contribution in [-0.4, -0.2) is 58.0 Å². The summed E-state index contributed by atoms with van der Waals surface area (Å²) in [6.07, 6.45) is 0. The molecule has 7 nitrogen and oxygen atoms in total. The predicted octanol–water partition coefficient (Wildman–Crippen LogP) is 5.21. The predicted molar refractivity (Wildman–Crippen MR) is 142 cm³/mol. The van der Waals surface area contributed by atoms with Crippen molar-refractivity contribution < 1.29 is 23.4 Å². The molecule has 0 saturated carbocycles. The second kappa shape index (κ2) is 10.8. The fraction of sp³-hybridized carbons (Fsp3) is 0.462. The number of carbonyl (C=O) groups is 1. The van der Waals surface area contributed by atoms with E-state index in [4.69, 9.17) is 19.6 Å². The van der Waals surface area contributed by atoms with Crippen molar-refractivity contribution >= 4 is 34.3 Å². The Labute approximate surface area is 217 Å². The highest BCUT2D eigenvalue weighted by Crippen LogP contribution is 2.41. The van der Waals surface area contributed by atoms with Crippen LogP contribution in [0.25, 0.3) is 0 Å². The van der Waals surface area contributed by atoms with E-state index in [9.17, 15) is 4.79 Å². The number of hydrogen-bond acceptors (Lipinski definition) is 6. The van der Waals surface area contributed by atoms with Gasteiger partial charge < -0.3 is 24.0 Å². The first kappa shape index (κ1) is 28.4. The van der Waals surface area contributed by atoms with Gasteiger partial charge in [-0.2, -0.15) is 0 Å². The molecular formula is C26H35BrFN3O4. The molecule has 0 spiro atoms. The lowest BCUT2D eigenvalue weighted by Crippen LogP contribution is -2.31. The lowest BCUT2D eigenvalue weighted by molar-refractivity contribution is 0.0962. The number of amidine groups is 1. The maximum Gasteiger partial charge on any atom is 0.197 e. The van der Waals surface area contributed by atoms with Crippen LogP contribution in [0.1, 0.15) is 54.7 Å². The molecule has 0 unspecified atom stereocenters. The molecule has 0 aromatic heterocycles. The summed E-state index contributed by atoms with van der Waals surface area (Å²) in [5.74, 6) is 0.151. The third-order valence-corrected chi connectivity index (χ3v) is 5.91. The van der Waals surface area contributed by atoms with Crippen molar-refractivity contribution in [2.45, 2.75) is 39.7 Å². The van der Waals surface area contributed by atoms with E-state index in [2.05, 4.69) is 20.8 Å². The smallest absolute Gasteiger partial charge is 0.197 e. The van der Waals surface area contributed by atoms with E-state index in [1.54, 1.807) is 31.1 Å². The number of benzene rings is 2. The van der Waals surface area contributed by atoms with Crippen LogP contribution in [-0.2, 0) is 12.0 Å². The lowest BCUT2D eigenvalue weighted by atomic mass is 9.84. The quantitative estimate of drug-likeness (QED) is 0.454. The van der Waals surface area contributed by atoms with Crippen LogP contribution in [0, 0.1) is 11.2 Å². The van der Waals surface area contributed by atoms with Gasteiger partial charge in [-0.1, -0.05) is 20.8 Å². The van der Waals surface area contributed by atoms with E-state index < -0.39 is 5.82 Å². The van der Waals surface area contributed by atoms with Crippen molar-refractivity contribution in [1.29, 1.82) is 5.41 Å². The summed E-state index contributed by atoms with van der Waals surface area (Å²) in [6.45, 7) is 8.55. The Hall–Kier alpha value is -2.81. The molecular weight excluding hydrogens is 517 g/mol. The van der Waals surface area contributed by atoms with E-state index in [1.807, 2.05) is 25.1 Å². The number of Topliss-reactive ketones (excluding diaryl/α,β-unsaturated/α-hetero) is 1. The Balaban J connectivity index is 0.00000432. The molecule has 1 N–H and O–H groups in total. The van der Waals surface area contributed by atoms with Crippen LogP contribution in [0.2, 0.25) is 0 Å². The van der Waals surface area contributed by atoms with Gasteiger partial charge in [0, 0.05) is 31.8 Å². The molecule has 1 heterocycles. The normalized spacial score (nSPS) is 12.7. The SMILES string of the molecule is Br.CCOc1cc2c(c(F)c1OC)C(=N)N(CC(=O)c1cc(N(C)C)c(OC)c(C(C)(C)C)c1)C2. The molecule has 3 rings (SSSR count). The number of nitrogens with one attached hydrogen (secondary N) is 1. The zero-order valence-corrected chi connectivity index (χ0v) is 23.4. The van der Waals surface area contributed by atoms with E-state index in [-0.39, 0.29) is 58.4 Å². The van der Waals surface area contributed by atoms with Gasteiger partial charge in [-0.05, 0) is 36.1 Å². The minimum absolute atomic E-state index is 0. The molecule has 35 heavy (non-hydrogen) atoms. The number of fused-ring (bicyclic) bond motifs is 1. The molecule has 0 saturated heterocycles. The largest absolute Gasteiger partial charge is 0.494 e. The number of hydrogen-bond donors (Lipinski definition) is 1. The zero-order chi connectivity index (χ0) is 25.4. The molecule has 1 aliphatic heterocycles. The van der Waals surface area contributed by atoms with Crippen molar-refractivity contribution in [3.63, 3.8) is 0 Å². The van der Waals surface area contributed by atoms with Gasteiger partial charge in [0.2, 0.25) is 0 Å². The Morgan fingerprint density at radius 1 is 1.14 bits per heavy atom. The van der Waals surface area contributed by atoms with Crippen molar-refractivity contribution in [3.05, 3.63) is 46.3 Å². The molecule has 9 heteroatoms. The first-order valence-electron chi connectivity index (χ1n) is 11.2. The molecule has 0 fully saturated rings. The van der Waals surface area contributed by atoms with Crippen LogP contribution in [0.4, 0.5) is 10.1 Å². The van der Waals surface area contributed by atoms with Crippen molar-refractivity contribution in [3.8, 4) is 17.2 Å². The topological polar surface area (TPSA) is 75.1 Å². The summed E-state index contributed by atoms with van der Waals surface area (Å²) in [5, 5.41) is 8.55. The third-order valence-electron chi connectivity index (χ3n) is 5.91. The van der Waals surface area contributed by atoms with Crippen molar-refractivity contribution in [1.82, 2.24) is 4.90 Å². The molecule has 0 amide bonds. The first-order chi connectivity index (χ1) is 15.9. The Kier molecular flexibility index (Phi) is 8.81. The fourth-order valence-electron chi connectivity index (χ4n) is 4.21.